The molecule has 5 atom stereocenters. The van der Waals surface area contributed by atoms with Gasteiger partial charge in [-0.2, -0.15) is 0 Å². The third-order valence-corrected chi connectivity index (χ3v) is 9.88. The zero-order valence-corrected chi connectivity index (χ0v) is 19.7. The molecule has 5 N–H and O–H groups in total. The van der Waals surface area contributed by atoms with Crippen LogP contribution in [0.2, 0.25) is 4.71 Å². The molecule has 1 fully saturated rings. The molecular weight excluding hydrogens is 430 g/mol. The van der Waals surface area contributed by atoms with Gasteiger partial charge in [0.2, 0.25) is 0 Å². The van der Waals surface area contributed by atoms with Gasteiger partial charge in [-0.05, 0) is 0 Å². The number of nitrogens with two attached hydrogens (primary N) is 1. The first kappa shape index (κ1) is 24.8. The van der Waals surface area contributed by atoms with Crippen LogP contribution in [0.4, 0.5) is 0 Å². The summed E-state index contributed by atoms with van der Waals surface area (Å²) in [7, 11) is -3.41. The van der Waals surface area contributed by atoms with Gasteiger partial charge in [-0.3, -0.25) is 0 Å². The van der Waals surface area contributed by atoms with Gasteiger partial charge in [-0.15, -0.1) is 0 Å². The second kappa shape index (κ2) is 11.7. The zero-order valence-electron chi connectivity index (χ0n) is 16.7. The summed E-state index contributed by atoms with van der Waals surface area (Å²) in [6.45, 7) is 5.36. The van der Waals surface area contributed by atoms with Crippen LogP contribution < -0.4 is 11.1 Å². The molecule has 0 heterocycles. The molecule has 1 aliphatic rings. The Morgan fingerprint density at radius 2 is 1.81 bits per heavy atom. The molecule has 5 unspecified atom stereocenters. The Morgan fingerprint density at radius 1 is 1.22 bits per heavy atom. The van der Waals surface area contributed by atoms with Crippen LogP contribution in [0.5, 0.6) is 0 Å². The third-order valence-electron chi connectivity index (χ3n) is 5.05. The summed E-state index contributed by atoms with van der Waals surface area (Å²) in [6.07, 6.45) is 4.33. The van der Waals surface area contributed by atoms with E-state index in [1.54, 1.807) is 6.92 Å². The van der Waals surface area contributed by atoms with E-state index in [2.05, 4.69) is 5.32 Å². The summed E-state index contributed by atoms with van der Waals surface area (Å²) in [5.41, 5.74) is 5.83. The van der Waals surface area contributed by atoms with E-state index in [1.807, 2.05) is 13.8 Å². The SMILES string of the molecule is CC([AsH]C(=O)C(N)C(C)C)C(=O)NCC(O)CP(=O)(O)CC1CCCCC1. The van der Waals surface area contributed by atoms with Gasteiger partial charge in [0, 0.05) is 0 Å². The molecule has 27 heavy (non-hydrogen) atoms. The Labute approximate surface area is 169 Å². The molecule has 0 aliphatic heterocycles. The molecule has 158 valence electrons. The van der Waals surface area contributed by atoms with E-state index in [4.69, 9.17) is 5.73 Å². The van der Waals surface area contributed by atoms with E-state index in [0.29, 0.717) is 0 Å². The van der Waals surface area contributed by atoms with Crippen molar-refractivity contribution in [2.24, 2.45) is 17.6 Å². The molecule has 0 radical (unpaired) electrons. The second-order valence-corrected chi connectivity index (χ2v) is 14.0. The zero-order chi connectivity index (χ0) is 20.6. The first-order chi connectivity index (χ1) is 12.5. The van der Waals surface area contributed by atoms with E-state index in [0.717, 1.165) is 25.7 Å². The fourth-order valence-electron chi connectivity index (χ4n) is 3.29. The van der Waals surface area contributed by atoms with Crippen molar-refractivity contribution < 1.29 is 24.2 Å². The van der Waals surface area contributed by atoms with Gasteiger partial charge in [0.1, 0.15) is 0 Å². The number of amides is 1. The molecule has 0 bridgehead atoms. The summed E-state index contributed by atoms with van der Waals surface area (Å²) in [6, 6.07) is -0.536. The van der Waals surface area contributed by atoms with Crippen LogP contribution in [0.15, 0.2) is 0 Å². The van der Waals surface area contributed by atoms with E-state index in [-0.39, 0.29) is 41.2 Å². The number of hydrogen-bond acceptors (Lipinski definition) is 5. The van der Waals surface area contributed by atoms with Crippen LogP contribution in [0.1, 0.15) is 52.9 Å². The number of carbonyl (C=O) groups is 2. The van der Waals surface area contributed by atoms with E-state index in [9.17, 15) is 24.2 Å². The number of aliphatic hydroxyl groups is 1. The first-order valence-corrected chi connectivity index (χ1v) is 14.1. The van der Waals surface area contributed by atoms with Gasteiger partial charge in [0.25, 0.3) is 0 Å². The minimum atomic E-state index is -3.41. The molecule has 1 saturated carbocycles. The summed E-state index contributed by atoms with van der Waals surface area (Å²) in [5.74, 6) is -0.00224. The number of nitrogens with one attached hydrogen (secondary N) is 1. The molecular formula is C18H36AsN2O5P. The minimum absolute atomic E-state index is 0.0412. The molecule has 1 aliphatic carbocycles. The van der Waals surface area contributed by atoms with E-state index < -0.39 is 40.0 Å². The van der Waals surface area contributed by atoms with Crippen molar-refractivity contribution in [3.05, 3.63) is 0 Å². The topological polar surface area (TPSA) is 130 Å². The molecule has 0 aromatic rings. The average Bonchev–Trinajstić information content (AvgIpc) is 2.58. The van der Waals surface area contributed by atoms with E-state index >= 15 is 0 Å². The monoisotopic (exact) mass is 466 g/mol. The van der Waals surface area contributed by atoms with Gasteiger partial charge < -0.3 is 0 Å². The molecule has 1 rings (SSSR count). The maximum atomic E-state index is 12.4. The molecule has 9 heteroatoms. The van der Waals surface area contributed by atoms with Gasteiger partial charge in [0.15, 0.2) is 0 Å². The Bertz CT molecular complexity index is 540. The van der Waals surface area contributed by atoms with Crippen LogP contribution in [0.25, 0.3) is 0 Å². The molecule has 0 aromatic heterocycles. The van der Waals surface area contributed by atoms with Crippen LogP contribution in [-0.2, 0) is 14.2 Å². The number of carbonyl (C=O) groups excluding carboxylic acids is 2. The molecule has 0 spiro atoms. The predicted molar refractivity (Wildman–Crippen MR) is 110 cm³/mol. The van der Waals surface area contributed by atoms with Crippen molar-refractivity contribution in [2.75, 3.05) is 18.9 Å². The van der Waals surface area contributed by atoms with Gasteiger partial charge in [0.05, 0.1) is 0 Å². The Balaban J connectivity index is 2.36. The second-order valence-electron chi connectivity index (χ2n) is 8.11. The number of aliphatic hydroxyl groups excluding tert-OH is 1. The van der Waals surface area contributed by atoms with Crippen molar-refractivity contribution >= 4 is 33.6 Å². The van der Waals surface area contributed by atoms with Crippen LogP contribution in [0, 0.1) is 11.8 Å². The summed E-state index contributed by atoms with van der Waals surface area (Å²) in [4.78, 5) is 34.4. The molecule has 7 nitrogen and oxygen atoms in total. The molecule has 1 amide bonds. The summed E-state index contributed by atoms with van der Waals surface area (Å²) in [5, 5.41) is 12.7. The fraction of sp³-hybridized carbons (Fsp3) is 0.889. The molecule has 0 aromatic carbocycles. The van der Waals surface area contributed by atoms with Gasteiger partial charge in [-0.1, -0.05) is 0 Å². The van der Waals surface area contributed by atoms with Crippen LogP contribution in [-0.4, -0.2) is 67.2 Å². The number of rotatable bonds is 11. The predicted octanol–water partition coefficient (Wildman–Crippen LogP) is 1.07. The fourth-order valence-corrected chi connectivity index (χ4v) is 7.89. The van der Waals surface area contributed by atoms with Crippen molar-refractivity contribution in [1.82, 2.24) is 5.32 Å². The van der Waals surface area contributed by atoms with Crippen LogP contribution >= 0.6 is 7.37 Å². The first-order valence-electron chi connectivity index (χ1n) is 9.84. The molecule has 0 saturated heterocycles. The number of hydrogen-bond donors (Lipinski definition) is 4. The normalized spacial score (nSPS) is 21.7. The average molecular weight is 466 g/mol. The Morgan fingerprint density at radius 3 is 2.37 bits per heavy atom. The van der Waals surface area contributed by atoms with Crippen molar-refractivity contribution in [3.8, 4) is 0 Å². The Hall–Kier alpha value is -0.192. The van der Waals surface area contributed by atoms with Gasteiger partial charge in [-0.25, -0.2) is 0 Å². The van der Waals surface area contributed by atoms with Crippen molar-refractivity contribution in [3.63, 3.8) is 0 Å². The van der Waals surface area contributed by atoms with Gasteiger partial charge >= 0.3 is 169 Å². The summed E-state index contributed by atoms with van der Waals surface area (Å²) >= 11 is -1.20. The van der Waals surface area contributed by atoms with Crippen molar-refractivity contribution in [1.29, 1.82) is 0 Å². The third kappa shape index (κ3) is 9.71. The standard InChI is InChI=1S/C18H36AsN2O5P/c1-12(2)16(20)17(23)19-13(3)18(24)21-9-15(22)11-27(25,26)10-14-7-5-4-6-8-14/h12-16,19,22H,4-11,20H2,1-3H3,(H,21,24)(H,25,26). The Kier molecular flexibility index (Phi) is 10.8. The summed E-state index contributed by atoms with van der Waals surface area (Å²) < 4.78 is 11.9. The van der Waals surface area contributed by atoms with Crippen molar-refractivity contribution in [2.45, 2.75) is 69.7 Å². The maximum absolute atomic E-state index is 12.4. The van der Waals surface area contributed by atoms with Crippen LogP contribution in [0.3, 0.4) is 0 Å². The quantitative estimate of drug-likeness (QED) is 0.266. The van der Waals surface area contributed by atoms with E-state index in [1.165, 1.54) is 6.42 Å².